The molecule has 1 fully saturated rings. The second-order valence-electron chi connectivity index (χ2n) is 6.14. The monoisotopic (exact) mass is 325 g/mol. The van der Waals surface area contributed by atoms with Crippen LogP contribution in [0.3, 0.4) is 0 Å². The molecule has 6 heteroatoms. The van der Waals surface area contributed by atoms with E-state index in [2.05, 4.69) is 15.1 Å². The molecule has 1 aromatic carbocycles. The van der Waals surface area contributed by atoms with Crippen molar-refractivity contribution >= 4 is 5.91 Å². The lowest BCUT2D eigenvalue weighted by Gasteiger charge is -2.34. The number of hydrogen-bond acceptors (Lipinski definition) is 3. The number of carbonyl (C=O) groups is 1. The largest absolute Gasteiger partial charge is 0.353 e. The van der Waals surface area contributed by atoms with Crippen molar-refractivity contribution in [3.63, 3.8) is 0 Å². The maximum Gasteiger partial charge on any atom is 0.234 e. The molecule has 0 spiro atoms. The minimum absolute atomic E-state index is 0.0453. The first-order chi connectivity index (χ1) is 11.0. The van der Waals surface area contributed by atoms with Crippen molar-refractivity contribution in [2.45, 2.75) is 32.9 Å². The van der Waals surface area contributed by atoms with Gasteiger partial charge in [0, 0.05) is 44.3 Å². The number of benzene rings is 1. The molecule has 4 nitrogen and oxygen atoms in total. The van der Waals surface area contributed by atoms with Crippen LogP contribution in [0.25, 0.3) is 0 Å². The summed E-state index contributed by atoms with van der Waals surface area (Å²) < 4.78 is 26.9. The van der Waals surface area contributed by atoms with E-state index in [1.165, 1.54) is 6.07 Å². The molecule has 2 rings (SSSR count). The zero-order valence-corrected chi connectivity index (χ0v) is 13.8. The van der Waals surface area contributed by atoms with Gasteiger partial charge in [-0.05, 0) is 19.4 Å². The Hall–Kier alpha value is -1.53. The number of rotatable bonds is 6. The summed E-state index contributed by atoms with van der Waals surface area (Å²) in [5.74, 6) is -1.52. The van der Waals surface area contributed by atoms with E-state index in [1.807, 2.05) is 13.8 Å². The lowest BCUT2D eigenvalue weighted by molar-refractivity contribution is -0.123. The lowest BCUT2D eigenvalue weighted by atomic mass is 10.1. The summed E-state index contributed by atoms with van der Waals surface area (Å²) in [7, 11) is 0. The average Bonchev–Trinajstić information content (AvgIpc) is 2.53. The fourth-order valence-corrected chi connectivity index (χ4v) is 2.64. The molecule has 0 radical (unpaired) electrons. The van der Waals surface area contributed by atoms with Crippen LogP contribution in [0.1, 0.15) is 25.8 Å². The van der Waals surface area contributed by atoms with Gasteiger partial charge in [0.15, 0.2) is 11.6 Å². The third kappa shape index (κ3) is 5.25. The summed E-state index contributed by atoms with van der Waals surface area (Å²) in [5.41, 5.74) is 0.382. The fourth-order valence-electron chi connectivity index (χ4n) is 2.64. The number of hydrogen-bond donors (Lipinski definition) is 1. The lowest BCUT2D eigenvalue weighted by Crippen LogP contribution is -2.49. The van der Waals surface area contributed by atoms with E-state index < -0.39 is 11.6 Å². The van der Waals surface area contributed by atoms with Crippen molar-refractivity contribution in [1.82, 2.24) is 15.1 Å². The molecule has 1 aromatic rings. The Morgan fingerprint density at radius 1 is 1.22 bits per heavy atom. The number of nitrogens with zero attached hydrogens (tertiary/aromatic N) is 2. The van der Waals surface area contributed by atoms with Crippen LogP contribution in [0.2, 0.25) is 0 Å². The zero-order valence-electron chi connectivity index (χ0n) is 13.8. The van der Waals surface area contributed by atoms with E-state index in [9.17, 15) is 13.6 Å². The Kier molecular flexibility index (Phi) is 6.47. The maximum atomic E-state index is 13.7. The molecule has 1 saturated heterocycles. The minimum Gasteiger partial charge on any atom is -0.353 e. The van der Waals surface area contributed by atoms with E-state index in [4.69, 9.17) is 0 Å². The van der Waals surface area contributed by atoms with Gasteiger partial charge >= 0.3 is 0 Å². The van der Waals surface area contributed by atoms with Crippen LogP contribution in [-0.4, -0.2) is 54.5 Å². The number of halogens is 2. The van der Waals surface area contributed by atoms with E-state index in [1.54, 1.807) is 6.07 Å². The molecule has 1 heterocycles. The smallest absolute Gasteiger partial charge is 0.234 e. The Balaban J connectivity index is 1.78. The second kappa shape index (κ2) is 8.36. The van der Waals surface area contributed by atoms with Crippen LogP contribution >= 0.6 is 0 Å². The van der Waals surface area contributed by atoms with E-state index in [-0.39, 0.29) is 11.9 Å². The summed E-state index contributed by atoms with van der Waals surface area (Å²) in [5, 5.41) is 2.96. The molecule has 1 N–H and O–H groups in total. The van der Waals surface area contributed by atoms with E-state index >= 15 is 0 Å². The van der Waals surface area contributed by atoms with Crippen LogP contribution < -0.4 is 5.32 Å². The van der Waals surface area contributed by atoms with Crippen LogP contribution in [0.4, 0.5) is 8.78 Å². The zero-order chi connectivity index (χ0) is 16.8. The maximum absolute atomic E-state index is 13.7. The predicted molar refractivity (Wildman–Crippen MR) is 86.0 cm³/mol. The molecule has 1 amide bonds. The summed E-state index contributed by atoms with van der Waals surface area (Å²) in [6, 6.07) is 4.47. The van der Waals surface area contributed by atoms with Gasteiger partial charge in [0.25, 0.3) is 0 Å². The summed E-state index contributed by atoms with van der Waals surface area (Å²) >= 11 is 0. The Morgan fingerprint density at radius 3 is 2.52 bits per heavy atom. The molecular formula is C17H25F2N3O. The van der Waals surface area contributed by atoms with Gasteiger partial charge < -0.3 is 5.32 Å². The van der Waals surface area contributed by atoms with Crippen LogP contribution in [-0.2, 0) is 11.3 Å². The number of piperazine rings is 1. The molecule has 0 bridgehead atoms. The highest BCUT2D eigenvalue weighted by molar-refractivity contribution is 5.78. The third-order valence-electron chi connectivity index (χ3n) is 4.28. The second-order valence-corrected chi connectivity index (χ2v) is 6.14. The molecule has 128 valence electrons. The summed E-state index contributed by atoms with van der Waals surface area (Å²) in [6.07, 6.45) is 0.915. The van der Waals surface area contributed by atoms with Crippen molar-refractivity contribution in [3.8, 4) is 0 Å². The quantitative estimate of drug-likeness (QED) is 0.869. The highest BCUT2D eigenvalue weighted by Crippen LogP contribution is 2.15. The molecule has 1 aliphatic rings. The molecule has 0 aromatic heterocycles. The third-order valence-corrected chi connectivity index (χ3v) is 4.28. The van der Waals surface area contributed by atoms with Gasteiger partial charge in [-0.3, -0.25) is 14.6 Å². The van der Waals surface area contributed by atoms with Gasteiger partial charge in [-0.2, -0.15) is 0 Å². The fraction of sp³-hybridized carbons (Fsp3) is 0.588. The Labute approximate surface area is 136 Å². The summed E-state index contributed by atoms with van der Waals surface area (Å²) in [4.78, 5) is 16.1. The topological polar surface area (TPSA) is 35.6 Å². The minimum atomic E-state index is -0.803. The van der Waals surface area contributed by atoms with Gasteiger partial charge in [0.2, 0.25) is 5.91 Å². The first-order valence-corrected chi connectivity index (χ1v) is 8.16. The SMILES string of the molecule is CCC(C)NC(=O)CN1CCN(Cc2cccc(F)c2F)CC1. The van der Waals surface area contributed by atoms with Gasteiger partial charge in [0.05, 0.1) is 6.54 Å². The Morgan fingerprint density at radius 2 is 1.87 bits per heavy atom. The number of carbonyl (C=O) groups excluding carboxylic acids is 1. The van der Waals surface area contributed by atoms with Crippen molar-refractivity contribution in [2.24, 2.45) is 0 Å². The highest BCUT2D eigenvalue weighted by Gasteiger charge is 2.20. The highest BCUT2D eigenvalue weighted by atomic mass is 19.2. The van der Waals surface area contributed by atoms with Crippen LogP contribution in [0.5, 0.6) is 0 Å². The van der Waals surface area contributed by atoms with Crippen LogP contribution in [0, 0.1) is 11.6 Å². The van der Waals surface area contributed by atoms with Gasteiger partial charge in [0.1, 0.15) is 0 Å². The van der Waals surface area contributed by atoms with E-state index in [0.717, 1.165) is 38.7 Å². The van der Waals surface area contributed by atoms with Crippen molar-refractivity contribution in [2.75, 3.05) is 32.7 Å². The van der Waals surface area contributed by atoms with Crippen molar-refractivity contribution < 1.29 is 13.6 Å². The van der Waals surface area contributed by atoms with Crippen molar-refractivity contribution in [3.05, 3.63) is 35.4 Å². The standard InChI is InChI=1S/C17H25F2N3O/c1-3-13(2)20-16(23)12-22-9-7-21(8-10-22)11-14-5-4-6-15(18)17(14)19/h4-6,13H,3,7-12H2,1-2H3,(H,20,23). The molecule has 1 atom stereocenters. The van der Waals surface area contributed by atoms with Gasteiger partial charge in [-0.25, -0.2) is 8.78 Å². The summed E-state index contributed by atoms with van der Waals surface area (Å²) in [6.45, 7) is 7.82. The molecule has 0 aliphatic carbocycles. The molecular weight excluding hydrogens is 300 g/mol. The first kappa shape index (κ1) is 17.8. The van der Waals surface area contributed by atoms with Gasteiger partial charge in [-0.15, -0.1) is 0 Å². The first-order valence-electron chi connectivity index (χ1n) is 8.16. The number of amides is 1. The van der Waals surface area contributed by atoms with E-state index in [0.29, 0.717) is 18.7 Å². The van der Waals surface area contributed by atoms with Crippen molar-refractivity contribution in [1.29, 1.82) is 0 Å². The van der Waals surface area contributed by atoms with Crippen LogP contribution in [0.15, 0.2) is 18.2 Å². The molecule has 1 aliphatic heterocycles. The Bertz CT molecular complexity index is 531. The van der Waals surface area contributed by atoms with Gasteiger partial charge in [-0.1, -0.05) is 19.1 Å². The number of nitrogens with one attached hydrogen (secondary N) is 1. The molecule has 1 unspecified atom stereocenters. The molecule has 23 heavy (non-hydrogen) atoms. The normalized spacial score (nSPS) is 17.9. The molecule has 0 saturated carbocycles. The average molecular weight is 325 g/mol. The predicted octanol–water partition coefficient (Wildman–Crippen LogP) is 2.00.